The second-order valence-electron chi connectivity index (χ2n) is 8.10. The number of aliphatic hydroxyl groups excluding tert-OH is 1. The minimum atomic E-state index is -1.10. The van der Waals surface area contributed by atoms with E-state index in [-0.39, 0.29) is 32.2 Å². The van der Waals surface area contributed by atoms with Crippen molar-refractivity contribution in [2.45, 2.75) is 19.9 Å². The van der Waals surface area contributed by atoms with Gasteiger partial charge in [-0.2, -0.15) is 0 Å². The van der Waals surface area contributed by atoms with E-state index < -0.39 is 29.5 Å². The van der Waals surface area contributed by atoms with Gasteiger partial charge in [0.25, 0.3) is 5.78 Å². The fraction of sp³-hybridized carbons (Fsp3) is 0.185. The molecule has 2 aromatic carbocycles. The number of amides is 1. The number of aliphatic hydroxyl groups is 1. The number of aromatic nitrogens is 1. The van der Waals surface area contributed by atoms with Crippen LogP contribution in [0.15, 0.2) is 60.7 Å². The minimum Gasteiger partial charge on any atom is -0.507 e. The first-order valence-electron chi connectivity index (χ1n) is 11.4. The third-order valence-electron chi connectivity index (χ3n) is 5.65. The van der Waals surface area contributed by atoms with Crippen molar-refractivity contribution in [3.8, 4) is 5.75 Å². The van der Waals surface area contributed by atoms with Crippen molar-refractivity contribution in [2.24, 2.45) is 0 Å². The smallest absolute Gasteiger partial charge is 0.350 e. The number of halogens is 2. The molecule has 1 aliphatic heterocycles. The summed E-state index contributed by atoms with van der Waals surface area (Å²) < 4.78 is 10.6. The highest BCUT2D eigenvalue weighted by atomic mass is 35.5. The van der Waals surface area contributed by atoms with Gasteiger partial charge in [0, 0.05) is 5.56 Å². The lowest BCUT2D eigenvalue weighted by Gasteiger charge is -2.23. The molecule has 1 N–H and O–H groups in total. The number of esters is 1. The Morgan fingerprint density at radius 1 is 1.18 bits per heavy atom. The van der Waals surface area contributed by atoms with E-state index in [1.165, 1.54) is 12.1 Å². The molecular weight excluding hydrogens is 551 g/mol. The van der Waals surface area contributed by atoms with Gasteiger partial charge in [-0.05, 0) is 55.8 Å². The van der Waals surface area contributed by atoms with Crippen LogP contribution in [0.5, 0.6) is 5.75 Å². The number of ether oxygens (including phenoxy) is 2. The normalized spacial score (nSPS) is 16.5. The van der Waals surface area contributed by atoms with E-state index in [1.807, 2.05) is 0 Å². The molecule has 1 unspecified atom stereocenters. The van der Waals surface area contributed by atoms with Gasteiger partial charge in [-0.25, -0.2) is 9.78 Å². The molecule has 11 heteroatoms. The van der Waals surface area contributed by atoms with E-state index in [9.17, 15) is 19.5 Å². The largest absolute Gasteiger partial charge is 0.507 e. The third-order valence-corrected chi connectivity index (χ3v) is 7.53. The molecule has 0 saturated carbocycles. The summed E-state index contributed by atoms with van der Waals surface area (Å²) in [5, 5.41) is 11.9. The molecule has 0 aliphatic carbocycles. The Labute approximate surface area is 232 Å². The van der Waals surface area contributed by atoms with E-state index in [2.05, 4.69) is 11.6 Å². The molecule has 1 saturated heterocycles. The van der Waals surface area contributed by atoms with Crippen molar-refractivity contribution in [1.29, 1.82) is 0 Å². The van der Waals surface area contributed by atoms with Crippen LogP contribution in [0.4, 0.5) is 5.13 Å². The summed E-state index contributed by atoms with van der Waals surface area (Å²) in [7, 11) is 0. The summed E-state index contributed by atoms with van der Waals surface area (Å²) in [6.07, 6.45) is 1.60. The lowest BCUT2D eigenvalue weighted by molar-refractivity contribution is -0.132. The summed E-state index contributed by atoms with van der Waals surface area (Å²) in [4.78, 5) is 44.9. The number of hydrogen-bond acceptors (Lipinski definition) is 8. The number of Topliss-reactive ketones (excluding diaryl/α,β-unsaturated/α-hetero) is 1. The second kappa shape index (κ2) is 11.4. The summed E-state index contributed by atoms with van der Waals surface area (Å²) >= 11 is 13.3. The molecule has 0 bridgehead atoms. The molecule has 38 heavy (non-hydrogen) atoms. The van der Waals surface area contributed by atoms with Crippen molar-refractivity contribution in [3.05, 3.63) is 92.4 Å². The van der Waals surface area contributed by atoms with E-state index in [0.717, 1.165) is 16.2 Å². The maximum absolute atomic E-state index is 13.4. The quantitative estimate of drug-likeness (QED) is 0.114. The predicted octanol–water partition coefficient (Wildman–Crippen LogP) is 6.13. The van der Waals surface area contributed by atoms with Gasteiger partial charge < -0.3 is 14.6 Å². The lowest BCUT2D eigenvalue weighted by atomic mass is 9.95. The van der Waals surface area contributed by atoms with Gasteiger partial charge in [0.1, 0.15) is 23.0 Å². The van der Waals surface area contributed by atoms with E-state index in [1.54, 1.807) is 50.3 Å². The molecular formula is C27H22Cl2N2O6S. The van der Waals surface area contributed by atoms with Crippen LogP contribution in [0.1, 0.15) is 39.5 Å². The summed E-state index contributed by atoms with van der Waals surface area (Å²) in [6.45, 7) is 7.35. The van der Waals surface area contributed by atoms with Gasteiger partial charge in [0.15, 0.2) is 5.13 Å². The number of thiazole rings is 1. The van der Waals surface area contributed by atoms with Gasteiger partial charge in [-0.1, -0.05) is 53.3 Å². The number of anilines is 1. The fourth-order valence-electron chi connectivity index (χ4n) is 3.92. The van der Waals surface area contributed by atoms with Crippen LogP contribution >= 0.6 is 34.5 Å². The Bertz CT molecular complexity index is 1460. The Hall–Kier alpha value is -3.66. The summed E-state index contributed by atoms with van der Waals surface area (Å²) in [5.74, 6) is -2.28. The van der Waals surface area contributed by atoms with Crippen LogP contribution < -0.4 is 9.64 Å². The van der Waals surface area contributed by atoms with E-state index >= 15 is 0 Å². The highest BCUT2D eigenvalue weighted by Gasteiger charge is 2.48. The van der Waals surface area contributed by atoms with Crippen molar-refractivity contribution in [2.75, 3.05) is 18.1 Å². The molecule has 196 valence electrons. The van der Waals surface area contributed by atoms with E-state index in [0.29, 0.717) is 29.2 Å². The molecule has 1 aliphatic rings. The van der Waals surface area contributed by atoms with Crippen LogP contribution in [-0.4, -0.2) is 41.0 Å². The Morgan fingerprint density at radius 3 is 2.53 bits per heavy atom. The Balaban J connectivity index is 1.87. The number of nitrogens with zero attached hydrogens (tertiary/aromatic N) is 2. The maximum Gasteiger partial charge on any atom is 0.350 e. The first kappa shape index (κ1) is 27.4. The summed E-state index contributed by atoms with van der Waals surface area (Å²) in [5.41, 5.74) is 0.880. The first-order chi connectivity index (χ1) is 18.2. The maximum atomic E-state index is 13.4. The molecule has 1 fully saturated rings. The molecule has 8 nitrogen and oxygen atoms in total. The van der Waals surface area contributed by atoms with Gasteiger partial charge in [-0.15, -0.1) is 0 Å². The van der Waals surface area contributed by atoms with Gasteiger partial charge >= 0.3 is 11.9 Å². The topological polar surface area (TPSA) is 106 Å². The van der Waals surface area contributed by atoms with Crippen LogP contribution in [0.2, 0.25) is 10.0 Å². The zero-order valence-electron chi connectivity index (χ0n) is 20.4. The first-order valence-corrected chi connectivity index (χ1v) is 13.0. The molecule has 1 aromatic heterocycles. The molecule has 4 rings (SSSR count). The standard InChI is InChI=1S/C27H22Cl2N2O6S/c1-4-12-37-17-9-6-15(7-10-17)22(32)20-21(16-8-11-18(28)19(29)13-16)31(25(34)23(20)33)27-30-14(3)24(38-27)26(35)36-5-2/h4,6-11,13,21,32H,1,5,12H2,2-3H3/b22-20+. The van der Waals surface area contributed by atoms with Crippen LogP contribution in [0.3, 0.4) is 0 Å². The predicted molar refractivity (Wildman–Crippen MR) is 146 cm³/mol. The van der Waals surface area contributed by atoms with Gasteiger partial charge in [0.2, 0.25) is 0 Å². The van der Waals surface area contributed by atoms with E-state index in [4.69, 9.17) is 32.7 Å². The number of benzene rings is 2. The fourth-order valence-corrected chi connectivity index (χ4v) is 5.21. The number of aryl methyl sites for hydroxylation is 1. The monoisotopic (exact) mass is 572 g/mol. The summed E-state index contributed by atoms with van der Waals surface area (Å²) in [6, 6.07) is 9.93. The van der Waals surface area contributed by atoms with Crippen molar-refractivity contribution in [3.63, 3.8) is 0 Å². The molecule has 1 atom stereocenters. The zero-order valence-corrected chi connectivity index (χ0v) is 22.7. The lowest BCUT2D eigenvalue weighted by Crippen LogP contribution is -2.29. The molecule has 0 radical (unpaired) electrons. The third kappa shape index (κ3) is 5.18. The van der Waals surface area contributed by atoms with Crippen LogP contribution in [-0.2, 0) is 14.3 Å². The number of rotatable bonds is 8. The van der Waals surface area contributed by atoms with Crippen molar-refractivity contribution >= 4 is 63.1 Å². The van der Waals surface area contributed by atoms with Crippen molar-refractivity contribution in [1.82, 2.24) is 4.98 Å². The average Bonchev–Trinajstić information content (AvgIpc) is 3.41. The molecule has 1 amide bonds. The molecule has 2 heterocycles. The average molecular weight is 573 g/mol. The molecule has 3 aromatic rings. The zero-order chi connectivity index (χ0) is 27.6. The second-order valence-corrected chi connectivity index (χ2v) is 9.89. The minimum absolute atomic E-state index is 0.0935. The van der Waals surface area contributed by atoms with Gasteiger partial charge in [-0.3, -0.25) is 14.5 Å². The number of ketones is 1. The van der Waals surface area contributed by atoms with Crippen molar-refractivity contribution < 1.29 is 29.0 Å². The molecule has 0 spiro atoms. The Kier molecular flexibility index (Phi) is 8.20. The number of carbonyl (C=O) groups excluding carboxylic acids is 3. The van der Waals surface area contributed by atoms with Crippen LogP contribution in [0.25, 0.3) is 5.76 Å². The number of hydrogen-bond donors (Lipinski definition) is 1. The number of carbonyl (C=O) groups is 3. The van der Waals surface area contributed by atoms with Gasteiger partial charge in [0.05, 0.1) is 34.0 Å². The SMILES string of the molecule is C=CCOc1ccc(/C(O)=C2\C(=O)C(=O)N(c3nc(C)c(C(=O)OCC)s3)C2c2ccc(Cl)c(Cl)c2)cc1. The van der Waals surface area contributed by atoms with Crippen LogP contribution in [0, 0.1) is 6.92 Å². The highest BCUT2D eigenvalue weighted by Crippen LogP contribution is 2.45. The Morgan fingerprint density at radius 2 is 1.89 bits per heavy atom. The highest BCUT2D eigenvalue weighted by molar-refractivity contribution is 7.17.